The predicted molar refractivity (Wildman–Crippen MR) is 82.1 cm³/mol. The zero-order valence-corrected chi connectivity index (χ0v) is 13.6. The lowest BCUT2D eigenvalue weighted by Gasteiger charge is -2.09. The molecule has 1 N–H and O–H groups in total. The summed E-state index contributed by atoms with van der Waals surface area (Å²) in [7, 11) is -4.05. The highest BCUT2D eigenvalue weighted by Crippen LogP contribution is 2.10. The number of ether oxygens (including phenoxy) is 2. The lowest BCUT2D eigenvalue weighted by atomic mass is 10.2. The van der Waals surface area contributed by atoms with Gasteiger partial charge < -0.3 is 9.47 Å². The summed E-state index contributed by atoms with van der Waals surface area (Å²) in [4.78, 5) is 22.9. The van der Waals surface area contributed by atoms with Crippen molar-refractivity contribution >= 4 is 22.1 Å². The summed E-state index contributed by atoms with van der Waals surface area (Å²) in [6, 6.07) is 5.91. The molecule has 0 atom stereocenters. The predicted octanol–water partition coefficient (Wildman–Crippen LogP) is 1.68. The van der Waals surface area contributed by atoms with Crippen LogP contribution in [0.2, 0.25) is 0 Å². The van der Waals surface area contributed by atoms with Gasteiger partial charge in [-0.25, -0.2) is 22.7 Å². The first-order valence-electron chi connectivity index (χ1n) is 6.62. The molecule has 0 saturated carbocycles. The number of benzene rings is 1. The van der Waals surface area contributed by atoms with Gasteiger partial charge >= 0.3 is 12.1 Å². The summed E-state index contributed by atoms with van der Waals surface area (Å²) in [6.45, 7) is 6.33. The fraction of sp³-hybridized carbons (Fsp3) is 0.267. The number of carbonyl (C=O) groups excluding carboxylic acids is 2. The molecule has 0 unspecified atom stereocenters. The second-order valence-electron chi connectivity index (χ2n) is 4.37. The van der Waals surface area contributed by atoms with Gasteiger partial charge in [-0.2, -0.15) is 0 Å². The van der Waals surface area contributed by atoms with Crippen molar-refractivity contribution in [2.24, 2.45) is 0 Å². The third kappa shape index (κ3) is 5.61. The first kappa shape index (κ1) is 18.5. The summed E-state index contributed by atoms with van der Waals surface area (Å²) in [5, 5.41) is 0. The first-order chi connectivity index (χ1) is 10.8. The van der Waals surface area contributed by atoms with E-state index in [1.165, 1.54) is 12.1 Å². The summed E-state index contributed by atoms with van der Waals surface area (Å²) in [5.74, 6) is -0.739. The van der Waals surface area contributed by atoms with Gasteiger partial charge in [-0.05, 0) is 26.0 Å². The Morgan fingerprint density at radius 2 is 1.83 bits per heavy atom. The number of nitrogens with one attached hydrogen (secondary N) is 1. The number of esters is 1. The van der Waals surface area contributed by atoms with E-state index in [0.717, 1.165) is 5.56 Å². The molecule has 0 aliphatic rings. The minimum absolute atomic E-state index is 0.0788. The summed E-state index contributed by atoms with van der Waals surface area (Å²) >= 11 is 0. The smallest absolute Gasteiger partial charge is 0.421 e. The Hall–Kier alpha value is -2.57. The molecule has 7 nitrogen and oxygen atoms in total. The molecule has 0 saturated heterocycles. The molecule has 0 radical (unpaired) electrons. The highest BCUT2D eigenvalue weighted by molar-refractivity contribution is 7.90. The van der Waals surface area contributed by atoms with Crippen molar-refractivity contribution in [2.45, 2.75) is 18.7 Å². The molecule has 124 valence electrons. The third-order valence-electron chi connectivity index (χ3n) is 2.63. The fourth-order valence-corrected chi connectivity index (χ4v) is 2.34. The van der Waals surface area contributed by atoms with Gasteiger partial charge in [-0.1, -0.05) is 24.3 Å². The molecule has 0 aliphatic heterocycles. The second-order valence-corrected chi connectivity index (χ2v) is 6.05. The fourth-order valence-electron chi connectivity index (χ4n) is 1.45. The standard InChI is InChI=1S/C15H17NO6S/c1-4-12(14(17)21-5-2)10-22-15(18)16-23(19,20)13-8-6-11(3)7-9-13/h6-9H,1,5,10H2,2-3H3,(H,16,18). The molecule has 0 heterocycles. The van der Waals surface area contributed by atoms with Gasteiger partial charge in [0, 0.05) is 0 Å². The summed E-state index contributed by atoms with van der Waals surface area (Å²) in [6.07, 6.45) is -1.22. The molecular weight excluding hydrogens is 322 g/mol. The van der Waals surface area contributed by atoms with E-state index >= 15 is 0 Å². The van der Waals surface area contributed by atoms with Crippen LogP contribution in [-0.4, -0.2) is 33.7 Å². The number of rotatable bonds is 6. The summed E-state index contributed by atoms with van der Waals surface area (Å²) < 4.78 is 35.0. The van der Waals surface area contributed by atoms with Crippen LogP contribution in [0.15, 0.2) is 47.0 Å². The molecule has 1 aromatic rings. The van der Waals surface area contributed by atoms with Gasteiger partial charge in [0.15, 0.2) is 0 Å². The van der Waals surface area contributed by atoms with Crippen LogP contribution in [-0.2, 0) is 24.3 Å². The van der Waals surface area contributed by atoms with E-state index in [9.17, 15) is 18.0 Å². The van der Waals surface area contributed by atoms with E-state index in [2.05, 4.69) is 17.0 Å². The Bertz CT molecular complexity index is 730. The Kier molecular flexibility index (Phi) is 6.56. The molecule has 8 heteroatoms. The number of hydrogen-bond donors (Lipinski definition) is 1. The van der Waals surface area contributed by atoms with E-state index in [1.54, 1.807) is 30.7 Å². The molecule has 0 aliphatic carbocycles. The quantitative estimate of drug-likeness (QED) is 0.481. The molecule has 0 bridgehead atoms. The summed E-state index contributed by atoms with van der Waals surface area (Å²) in [5.41, 5.74) is 3.04. The number of amides is 1. The van der Waals surface area contributed by atoms with Crippen molar-refractivity contribution in [3.63, 3.8) is 0 Å². The Labute approximate surface area is 134 Å². The van der Waals surface area contributed by atoms with Gasteiger partial charge in [-0.3, -0.25) is 0 Å². The zero-order valence-electron chi connectivity index (χ0n) is 12.8. The van der Waals surface area contributed by atoms with Crippen molar-refractivity contribution in [2.75, 3.05) is 13.2 Å². The van der Waals surface area contributed by atoms with Crippen molar-refractivity contribution < 1.29 is 27.5 Å². The molecule has 1 aromatic carbocycles. The maximum absolute atomic E-state index is 12.0. The molecule has 0 aromatic heterocycles. The van der Waals surface area contributed by atoms with Crippen LogP contribution >= 0.6 is 0 Å². The van der Waals surface area contributed by atoms with E-state index in [1.807, 2.05) is 0 Å². The van der Waals surface area contributed by atoms with Gasteiger partial charge in [0.25, 0.3) is 10.0 Å². The number of aryl methyl sites for hydroxylation is 1. The minimum Gasteiger partial charge on any atom is -0.462 e. The molecule has 1 rings (SSSR count). The van der Waals surface area contributed by atoms with Gasteiger partial charge in [0.05, 0.1) is 11.5 Å². The monoisotopic (exact) mass is 339 g/mol. The lowest BCUT2D eigenvalue weighted by Crippen LogP contribution is -2.32. The topological polar surface area (TPSA) is 98.8 Å². The number of carbonyl (C=O) groups is 2. The lowest BCUT2D eigenvalue weighted by molar-refractivity contribution is -0.138. The molecule has 1 amide bonds. The molecule has 0 spiro atoms. The maximum Gasteiger partial charge on any atom is 0.421 e. The zero-order chi connectivity index (χ0) is 17.5. The molecule has 23 heavy (non-hydrogen) atoms. The molecular formula is C15H17NO6S. The van der Waals surface area contributed by atoms with E-state index in [-0.39, 0.29) is 17.1 Å². The Balaban J connectivity index is 2.67. The van der Waals surface area contributed by atoms with Crippen LogP contribution in [0.1, 0.15) is 12.5 Å². The maximum atomic E-state index is 12.0. The van der Waals surface area contributed by atoms with Crippen molar-refractivity contribution in [1.29, 1.82) is 0 Å². The SMILES string of the molecule is C=C=C(COC(=O)NS(=O)(=O)c1ccc(C)cc1)C(=O)OCC. The van der Waals surface area contributed by atoms with Crippen LogP contribution in [0.25, 0.3) is 0 Å². The molecule has 0 fully saturated rings. The van der Waals surface area contributed by atoms with Crippen LogP contribution in [0.3, 0.4) is 0 Å². The Morgan fingerprint density at radius 1 is 1.22 bits per heavy atom. The van der Waals surface area contributed by atoms with Crippen LogP contribution < -0.4 is 4.72 Å². The Morgan fingerprint density at radius 3 is 2.35 bits per heavy atom. The van der Waals surface area contributed by atoms with Crippen LogP contribution in [0.5, 0.6) is 0 Å². The largest absolute Gasteiger partial charge is 0.462 e. The van der Waals surface area contributed by atoms with E-state index < -0.39 is 28.7 Å². The van der Waals surface area contributed by atoms with E-state index in [4.69, 9.17) is 4.74 Å². The van der Waals surface area contributed by atoms with Gasteiger partial charge in [-0.15, -0.1) is 5.73 Å². The average molecular weight is 339 g/mol. The highest BCUT2D eigenvalue weighted by atomic mass is 32.2. The first-order valence-corrected chi connectivity index (χ1v) is 8.10. The highest BCUT2D eigenvalue weighted by Gasteiger charge is 2.19. The third-order valence-corrected chi connectivity index (χ3v) is 3.96. The van der Waals surface area contributed by atoms with Gasteiger partial charge in [0.2, 0.25) is 0 Å². The van der Waals surface area contributed by atoms with Gasteiger partial charge in [0.1, 0.15) is 12.2 Å². The number of sulfonamides is 1. The average Bonchev–Trinajstić information content (AvgIpc) is 2.48. The normalized spacial score (nSPS) is 10.3. The van der Waals surface area contributed by atoms with E-state index in [0.29, 0.717) is 0 Å². The number of hydrogen-bond acceptors (Lipinski definition) is 6. The van der Waals surface area contributed by atoms with Crippen molar-refractivity contribution in [1.82, 2.24) is 4.72 Å². The minimum atomic E-state index is -4.05. The van der Waals surface area contributed by atoms with Crippen molar-refractivity contribution in [3.05, 3.63) is 47.7 Å². The van der Waals surface area contributed by atoms with Crippen LogP contribution in [0.4, 0.5) is 4.79 Å². The van der Waals surface area contributed by atoms with Crippen LogP contribution in [0, 0.1) is 6.92 Å². The second kappa shape index (κ2) is 8.17. The van der Waals surface area contributed by atoms with Crippen molar-refractivity contribution in [3.8, 4) is 0 Å².